The van der Waals surface area contributed by atoms with E-state index in [9.17, 15) is 15.0 Å². The van der Waals surface area contributed by atoms with Gasteiger partial charge in [0.1, 0.15) is 0 Å². The third-order valence-corrected chi connectivity index (χ3v) is 6.20. The van der Waals surface area contributed by atoms with E-state index < -0.39 is 12.1 Å². The van der Waals surface area contributed by atoms with Crippen molar-refractivity contribution in [3.8, 4) is 22.3 Å². The predicted molar refractivity (Wildman–Crippen MR) is 123 cm³/mol. The van der Waals surface area contributed by atoms with E-state index in [1.807, 2.05) is 45.0 Å². The molecule has 0 aliphatic carbocycles. The molecule has 0 saturated heterocycles. The Bertz CT molecular complexity index is 1160. The molecule has 0 aromatic heterocycles. The van der Waals surface area contributed by atoms with Crippen molar-refractivity contribution in [1.82, 2.24) is 0 Å². The number of nitrogens with two attached hydrogens (primary N) is 1. The fourth-order valence-corrected chi connectivity index (χ4v) is 4.05. The lowest BCUT2D eigenvalue weighted by atomic mass is 9.82. The van der Waals surface area contributed by atoms with Crippen LogP contribution in [-0.4, -0.2) is 16.2 Å². The van der Waals surface area contributed by atoms with Gasteiger partial charge in [0, 0.05) is 16.8 Å². The molecular weight excluding hydrogens is 374 g/mol. The molecule has 1 unspecified atom stereocenters. The molecule has 4 nitrogen and oxygen atoms in total. The van der Waals surface area contributed by atoms with Crippen LogP contribution in [0, 0.1) is 41.5 Å². The van der Waals surface area contributed by atoms with E-state index >= 15 is 0 Å². The molecule has 0 bridgehead atoms. The molecular formula is C26H29NO3. The van der Waals surface area contributed by atoms with Gasteiger partial charge in [-0.3, -0.25) is 0 Å². The summed E-state index contributed by atoms with van der Waals surface area (Å²) in [5.41, 5.74) is 16.9. The highest BCUT2D eigenvalue weighted by Crippen LogP contribution is 2.44. The lowest BCUT2D eigenvalue weighted by molar-refractivity contribution is -0.146. The highest BCUT2D eigenvalue weighted by atomic mass is 16.4. The molecule has 0 radical (unpaired) electrons. The van der Waals surface area contributed by atoms with Crippen LogP contribution >= 0.6 is 0 Å². The minimum Gasteiger partial charge on any atom is -0.479 e. The Morgan fingerprint density at radius 3 is 1.67 bits per heavy atom. The van der Waals surface area contributed by atoms with Gasteiger partial charge in [-0.15, -0.1) is 0 Å². The minimum absolute atomic E-state index is 0.355. The van der Waals surface area contributed by atoms with Crippen LogP contribution in [0.2, 0.25) is 0 Å². The first kappa shape index (κ1) is 21.6. The Hall–Kier alpha value is -3.11. The molecule has 3 rings (SSSR count). The summed E-state index contributed by atoms with van der Waals surface area (Å²) in [7, 11) is 0. The SMILES string of the molecule is Cc1ccc(-c2c(C)c(-c3ccc(C)c(C)c3)c(C(O)C(=O)O)c(C)c2N)cc1C. The highest BCUT2D eigenvalue weighted by Gasteiger charge is 2.28. The van der Waals surface area contributed by atoms with Crippen molar-refractivity contribution in [2.24, 2.45) is 0 Å². The van der Waals surface area contributed by atoms with Gasteiger partial charge in [-0.25, -0.2) is 4.79 Å². The molecule has 3 aromatic carbocycles. The molecule has 3 aromatic rings. The van der Waals surface area contributed by atoms with Crippen molar-refractivity contribution in [2.45, 2.75) is 47.6 Å². The van der Waals surface area contributed by atoms with Crippen molar-refractivity contribution < 1.29 is 15.0 Å². The molecule has 0 heterocycles. The first-order chi connectivity index (χ1) is 14.0. The van der Waals surface area contributed by atoms with Gasteiger partial charge in [0.05, 0.1) is 0 Å². The number of aliphatic hydroxyl groups excluding tert-OH is 1. The average molecular weight is 404 g/mol. The number of carboxylic acid groups (broad SMARTS) is 1. The zero-order chi connectivity index (χ0) is 22.3. The first-order valence-electron chi connectivity index (χ1n) is 10.0. The molecule has 30 heavy (non-hydrogen) atoms. The quantitative estimate of drug-likeness (QED) is 0.497. The summed E-state index contributed by atoms with van der Waals surface area (Å²) in [6.45, 7) is 11.9. The van der Waals surface area contributed by atoms with Gasteiger partial charge in [0.25, 0.3) is 0 Å². The standard InChI is InChI=1S/C26H29NO3/c1-13-7-9-19(11-15(13)3)21-17(5)22(20-10-8-14(2)16(4)12-20)24(27)18(6)23(21)25(28)26(29)30/h7-12,25,28H,27H2,1-6H3,(H,29,30). The van der Waals surface area contributed by atoms with Crippen molar-refractivity contribution >= 4 is 11.7 Å². The molecule has 0 saturated carbocycles. The largest absolute Gasteiger partial charge is 0.479 e. The number of carbonyl (C=O) groups is 1. The van der Waals surface area contributed by atoms with E-state index in [2.05, 4.69) is 26.0 Å². The summed E-state index contributed by atoms with van der Waals surface area (Å²) < 4.78 is 0. The van der Waals surface area contributed by atoms with E-state index in [1.165, 1.54) is 5.56 Å². The van der Waals surface area contributed by atoms with E-state index in [-0.39, 0.29) is 0 Å². The number of rotatable bonds is 4. The number of anilines is 1. The summed E-state index contributed by atoms with van der Waals surface area (Å²) in [6.07, 6.45) is -1.66. The zero-order valence-corrected chi connectivity index (χ0v) is 18.4. The Balaban J connectivity index is 2.45. The normalized spacial score (nSPS) is 12.1. The molecule has 1 atom stereocenters. The highest BCUT2D eigenvalue weighted by molar-refractivity contribution is 5.93. The number of aliphatic carboxylic acids is 1. The van der Waals surface area contributed by atoms with Crippen molar-refractivity contribution in [3.05, 3.63) is 75.3 Å². The van der Waals surface area contributed by atoms with Gasteiger partial charge in [0.15, 0.2) is 6.10 Å². The number of benzene rings is 3. The third-order valence-electron chi connectivity index (χ3n) is 6.20. The number of carboxylic acids is 1. The maximum atomic E-state index is 11.7. The second kappa shape index (κ2) is 7.96. The molecule has 0 spiro atoms. The Kier molecular flexibility index (Phi) is 5.73. The van der Waals surface area contributed by atoms with E-state index in [1.54, 1.807) is 6.92 Å². The smallest absolute Gasteiger partial charge is 0.337 e. The summed E-state index contributed by atoms with van der Waals surface area (Å²) in [4.78, 5) is 11.7. The third kappa shape index (κ3) is 3.59. The fraction of sp³-hybridized carbons (Fsp3) is 0.269. The zero-order valence-electron chi connectivity index (χ0n) is 18.4. The number of hydrogen-bond donors (Lipinski definition) is 3. The molecule has 4 N–H and O–H groups in total. The maximum absolute atomic E-state index is 11.7. The van der Waals surface area contributed by atoms with Crippen LogP contribution in [0.25, 0.3) is 22.3 Å². The average Bonchev–Trinajstić information content (AvgIpc) is 2.69. The lowest BCUT2D eigenvalue weighted by Gasteiger charge is -2.24. The van der Waals surface area contributed by atoms with Crippen molar-refractivity contribution in [2.75, 3.05) is 5.73 Å². The van der Waals surface area contributed by atoms with E-state index in [0.717, 1.165) is 44.5 Å². The molecule has 4 heteroatoms. The first-order valence-corrected chi connectivity index (χ1v) is 10.0. The van der Waals surface area contributed by atoms with E-state index in [4.69, 9.17) is 5.73 Å². The van der Waals surface area contributed by atoms with Crippen LogP contribution in [0.3, 0.4) is 0 Å². The Morgan fingerprint density at radius 2 is 1.23 bits per heavy atom. The summed E-state index contributed by atoms with van der Waals surface area (Å²) in [6, 6.07) is 12.2. The van der Waals surface area contributed by atoms with Gasteiger partial charge >= 0.3 is 5.97 Å². The molecule has 156 valence electrons. The van der Waals surface area contributed by atoms with Gasteiger partial charge in [-0.2, -0.15) is 0 Å². The lowest BCUT2D eigenvalue weighted by Crippen LogP contribution is -2.16. The van der Waals surface area contributed by atoms with Crippen molar-refractivity contribution in [3.63, 3.8) is 0 Å². The van der Waals surface area contributed by atoms with Crippen LogP contribution in [0.1, 0.15) is 45.0 Å². The monoisotopic (exact) mass is 403 g/mol. The number of nitrogen functional groups attached to an aromatic ring is 1. The van der Waals surface area contributed by atoms with Crippen LogP contribution in [0.4, 0.5) is 5.69 Å². The second-order valence-electron chi connectivity index (χ2n) is 8.17. The Morgan fingerprint density at radius 1 is 0.767 bits per heavy atom. The molecule has 0 aliphatic heterocycles. The molecule has 0 fully saturated rings. The summed E-state index contributed by atoms with van der Waals surface area (Å²) in [5, 5.41) is 20.2. The minimum atomic E-state index is -1.66. The van der Waals surface area contributed by atoms with Gasteiger partial charge < -0.3 is 15.9 Å². The van der Waals surface area contributed by atoms with Gasteiger partial charge in [-0.05, 0) is 91.6 Å². The van der Waals surface area contributed by atoms with Gasteiger partial charge in [-0.1, -0.05) is 36.4 Å². The second-order valence-corrected chi connectivity index (χ2v) is 8.17. The number of aryl methyl sites for hydroxylation is 4. The van der Waals surface area contributed by atoms with E-state index in [0.29, 0.717) is 16.8 Å². The van der Waals surface area contributed by atoms with Gasteiger partial charge in [0.2, 0.25) is 0 Å². The summed E-state index contributed by atoms with van der Waals surface area (Å²) in [5.74, 6) is -1.29. The van der Waals surface area contributed by atoms with Crippen LogP contribution in [0.5, 0.6) is 0 Å². The number of hydrogen-bond acceptors (Lipinski definition) is 3. The summed E-state index contributed by atoms with van der Waals surface area (Å²) >= 11 is 0. The van der Waals surface area contributed by atoms with Crippen molar-refractivity contribution in [1.29, 1.82) is 0 Å². The number of aliphatic hydroxyl groups is 1. The molecule has 0 amide bonds. The van der Waals surface area contributed by atoms with Crippen LogP contribution < -0.4 is 5.73 Å². The Labute approximate surface area is 178 Å². The van der Waals surface area contributed by atoms with Crippen LogP contribution in [-0.2, 0) is 4.79 Å². The molecule has 0 aliphatic rings. The fourth-order valence-electron chi connectivity index (χ4n) is 4.05. The van der Waals surface area contributed by atoms with Crippen LogP contribution in [0.15, 0.2) is 36.4 Å². The maximum Gasteiger partial charge on any atom is 0.337 e. The topological polar surface area (TPSA) is 83.5 Å². The predicted octanol–water partition coefficient (Wildman–Crippen LogP) is 5.57.